The molecule has 272 valence electrons. The number of carbonyl (C=O) groups excluding carboxylic acids is 1. The van der Waals surface area contributed by atoms with Crippen molar-refractivity contribution in [1.82, 2.24) is 4.98 Å². The molecule has 1 aromatic heterocycles. The first-order valence-electron chi connectivity index (χ1n) is 19.0. The van der Waals surface area contributed by atoms with Crippen LogP contribution in [-0.4, -0.2) is 39.2 Å². The van der Waals surface area contributed by atoms with Crippen LogP contribution in [0.5, 0.6) is 0 Å². The lowest BCUT2D eigenvalue weighted by molar-refractivity contribution is -0.247. The van der Waals surface area contributed by atoms with E-state index in [-0.39, 0.29) is 45.2 Å². The molecule has 0 spiro atoms. The topological polar surface area (TPSA) is 114 Å². The van der Waals surface area contributed by atoms with Gasteiger partial charge in [-0.2, -0.15) is 0 Å². The van der Waals surface area contributed by atoms with Crippen molar-refractivity contribution in [2.45, 2.75) is 132 Å². The average Bonchev–Trinajstić information content (AvgIpc) is 3.42. The number of allylic oxidation sites excluding steroid dienone is 1. The lowest BCUT2D eigenvalue weighted by atomic mass is 9.32. The number of carboxylic acid groups (broad SMARTS) is 2. The third kappa shape index (κ3) is 5.45. The van der Waals surface area contributed by atoms with Crippen LogP contribution in [0, 0.1) is 73.9 Å². The minimum absolute atomic E-state index is 0.109. The van der Waals surface area contributed by atoms with Gasteiger partial charge in [0.05, 0.1) is 17.4 Å². The van der Waals surface area contributed by atoms with E-state index in [1.165, 1.54) is 12.0 Å². The number of aromatic nitrogens is 1. The second-order valence-corrected chi connectivity index (χ2v) is 19.0. The van der Waals surface area contributed by atoms with Crippen molar-refractivity contribution in [3.63, 3.8) is 0 Å². The normalized spacial score (nSPS) is 40.1. The zero-order valence-electron chi connectivity index (χ0n) is 31.7. The summed E-state index contributed by atoms with van der Waals surface area (Å²) in [5, 5.41) is 19.4. The summed E-state index contributed by atoms with van der Waals surface area (Å²) in [4.78, 5) is 41.2. The summed E-state index contributed by atoms with van der Waals surface area (Å²) in [5.41, 5.74) is 0.601. The quantitative estimate of drug-likeness (QED) is 0.174. The molecule has 10 atom stereocenters. The van der Waals surface area contributed by atoms with E-state index in [4.69, 9.17) is 4.74 Å². The first kappa shape index (κ1) is 36.6. The molecule has 4 unspecified atom stereocenters. The van der Waals surface area contributed by atoms with Gasteiger partial charge in [-0.3, -0.25) is 9.59 Å². The third-order valence-corrected chi connectivity index (χ3v) is 15.9. The molecule has 50 heavy (non-hydrogen) atoms. The summed E-state index contributed by atoms with van der Waals surface area (Å²) in [6.45, 7) is 22.2. The smallest absolute Gasteiger partial charge is 0.338 e. The molecule has 1 aromatic rings. The van der Waals surface area contributed by atoms with Crippen LogP contribution in [0.1, 0.15) is 142 Å². The average molecular weight is 686 g/mol. The van der Waals surface area contributed by atoms with Crippen LogP contribution in [0.3, 0.4) is 0 Å². The first-order chi connectivity index (χ1) is 23.2. The van der Waals surface area contributed by atoms with E-state index in [9.17, 15) is 24.6 Å². The monoisotopic (exact) mass is 685 g/mol. The molecule has 1 heterocycles. The van der Waals surface area contributed by atoms with Crippen molar-refractivity contribution < 1.29 is 29.3 Å². The van der Waals surface area contributed by atoms with Gasteiger partial charge in [-0.1, -0.05) is 52.7 Å². The number of nitrogens with zero attached hydrogens (tertiary/aromatic N) is 1. The fraction of sp³-hybridized carbons (Fsp3) is 0.721. The van der Waals surface area contributed by atoms with E-state index in [1.54, 1.807) is 32.2 Å². The number of hydrogen-bond acceptors (Lipinski definition) is 5. The fourth-order valence-electron chi connectivity index (χ4n) is 13.0. The van der Waals surface area contributed by atoms with Gasteiger partial charge in [0.25, 0.3) is 0 Å². The van der Waals surface area contributed by atoms with Gasteiger partial charge in [0.15, 0.2) is 0 Å². The van der Waals surface area contributed by atoms with E-state index in [2.05, 4.69) is 64.9 Å². The molecule has 7 nitrogen and oxygen atoms in total. The Morgan fingerprint density at radius 2 is 1.66 bits per heavy atom. The molecule has 0 bridgehead atoms. The Morgan fingerprint density at radius 1 is 0.940 bits per heavy atom. The van der Waals surface area contributed by atoms with Crippen molar-refractivity contribution >= 4 is 17.9 Å². The second-order valence-electron chi connectivity index (χ2n) is 19.0. The largest absolute Gasteiger partial charge is 0.481 e. The summed E-state index contributed by atoms with van der Waals surface area (Å²) < 4.78 is 6.16. The highest BCUT2D eigenvalue weighted by Crippen LogP contribution is 2.77. The fourth-order valence-corrected chi connectivity index (χ4v) is 13.0. The maximum atomic E-state index is 13.1. The molecule has 5 saturated carbocycles. The highest BCUT2D eigenvalue weighted by molar-refractivity contribution is 5.90. The molecular weight excluding hydrogens is 626 g/mol. The lowest BCUT2D eigenvalue weighted by Gasteiger charge is -2.72. The molecule has 5 fully saturated rings. The number of pyridine rings is 1. The van der Waals surface area contributed by atoms with E-state index in [0.717, 1.165) is 57.8 Å². The zero-order chi connectivity index (χ0) is 36.7. The van der Waals surface area contributed by atoms with Gasteiger partial charge in [-0.25, -0.2) is 9.78 Å². The molecular formula is C43H59NO6. The highest BCUT2D eigenvalue weighted by atomic mass is 16.5. The summed E-state index contributed by atoms with van der Waals surface area (Å²) in [6, 6.07) is 3.25. The van der Waals surface area contributed by atoms with Gasteiger partial charge in [0, 0.05) is 17.0 Å². The summed E-state index contributed by atoms with van der Waals surface area (Å²) in [7, 11) is 0. The molecule has 7 heteroatoms. The number of aliphatic carboxylic acids is 1. The molecule has 0 amide bonds. The molecule has 0 aromatic carbocycles. The summed E-state index contributed by atoms with van der Waals surface area (Å²) in [5.74, 6) is 6.90. The van der Waals surface area contributed by atoms with E-state index in [0.29, 0.717) is 35.3 Å². The SMILES string of the molecule is C=C(C)[C@H]1CC[C@]2(C#Cc3ncccc3C(=O)O)CC[C@]3(C)C(CCC4[C@@]5(C)CC[C@H](OC(=O)CC(C)(C)C(=O)O)C(C)(C)C5CC[C@]43C)C12. The number of carbonyl (C=O) groups is 3. The van der Waals surface area contributed by atoms with Crippen LogP contribution >= 0.6 is 0 Å². The summed E-state index contributed by atoms with van der Waals surface area (Å²) in [6.07, 6.45) is 11.9. The Bertz CT molecular complexity index is 1650. The molecule has 0 aliphatic heterocycles. The number of hydrogen-bond donors (Lipinski definition) is 2. The second kappa shape index (κ2) is 12.2. The molecule has 5 aliphatic rings. The van der Waals surface area contributed by atoms with Gasteiger partial charge in [0.2, 0.25) is 0 Å². The third-order valence-electron chi connectivity index (χ3n) is 15.9. The van der Waals surface area contributed by atoms with Crippen LogP contribution in [-0.2, 0) is 14.3 Å². The Kier molecular flexibility index (Phi) is 8.96. The van der Waals surface area contributed by atoms with E-state index >= 15 is 0 Å². The van der Waals surface area contributed by atoms with Crippen LogP contribution in [0.2, 0.25) is 0 Å². The molecule has 0 radical (unpaired) electrons. The number of ether oxygens (including phenoxy) is 1. The highest BCUT2D eigenvalue weighted by Gasteiger charge is 2.71. The van der Waals surface area contributed by atoms with Crippen LogP contribution < -0.4 is 0 Å². The Labute approximate surface area is 299 Å². The van der Waals surface area contributed by atoms with Gasteiger partial charge < -0.3 is 14.9 Å². The molecule has 0 saturated heterocycles. The standard InChI is InChI=1S/C43H59NO6/c1-26(2)27-14-20-43(21-15-30-28(36(46)47)11-10-24-44-30)23-22-41(8)29(35(27)43)12-13-32-40(7)18-17-33(50-34(45)25-38(3,4)37(48)49)39(5,6)31(40)16-19-42(32,41)9/h10-11,24,27,29,31-33,35H,1,12-14,16-20,22-23,25H2,2-9H3,(H,46,47)(H,48,49)/t27-,29?,31?,32?,33+,35?,40+,41-,42-,43+/m1/s1. The van der Waals surface area contributed by atoms with Gasteiger partial charge >= 0.3 is 17.9 Å². The minimum atomic E-state index is -1.16. The minimum Gasteiger partial charge on any atom is -0.481 e. The van der Waals surface area contributed by atoms with E-state index in [1.807, 2.05) is 0 Å². The van der Waals surface area contributed by atoms with E-state index < -0.39 is 23.3 Å². The van der Waals surface area contributed by atoms with Crippen molar-refractivity contribution in [3.05, 3.63) is 41.7 Å². The Hall–Kier alpha value is -3.14. The number of fused-ring (bicyclic) bond motifs is 7. The number of esters is 1. The van der Waals surface area contributed by atoms with Crippen LogP contribution in [0.25, 0.3) is 0 Å². The Morgan fingerprint density at radius 3 is 2.32 bits per heavy atom. The summed E-state index contributed by atoms with van der Waals surface area (Å²) >= 11 is 0. The number of aromatic carboxylic acids is 1. The van der Waals surface area contributed by atoms with Crippen molar-refractivity contribution in [2.24, 2.45) is 62.1 Å². The predicted molar refractivity (Wildman–Crippen MR) is 193 cm³/mol. The predicted octanol–water partition coefficient (Wildman–Crippen LogP) is 9.20. The van der Waals surface area contributed by atoms with Crippen molar-refractivity contribution in [2.75, 3.05) is 0 Å². The van der Waals surface area contributed by atoms with Crippen molar-refractivity contribution in [3.8, 4) is 11.8 Å². The molecule has 2 N–H and O–H groups in total. The number of rotatable bonds is 6. The lowest BCUT2D eigenvalue weighted by Crippen LogP contribution is -2.66. The van der Waals surface area contributed by atoms with Gasteiger partial charge in [0.1, 0.15) is 11.8 Å². The maximum Gasteiger partial charge on any atom is 0.338 e. The van der Waals surface area contributed by atoms with Gasteiger partial charge in [-0.05, 0) is 149 Å². The number of carboxylic acids is 2. The first-order valence-corrected chi connectivity index (χ1v) is 19.0. The maximum absolute atomic E-state index is 13.1. The molecule has 5 aliphatic carbocycles. The van der Waals surface area contributed by atoms with Crippen molar-refractivity contribution in [1.29, 1.82) is 0 Å². The molecule has 6 rings (SSSR count). The van der Waals surface area contributed by atoms with Gasteiger partial charge in [-0.15, -0.1) is 0 Å². The zero-order valence-corrected chi connectivity index (χ0v) is 31.7. The Balaban J connectivity index is 1.29. The van der Waals surface area contributed by atoms with Crippen LogP contribution in [0.15, 0.2) is 30.5 Å². The van der Waals surface area contributed by atoms with Crippen LogP contribution in [0.4, 0.5) is 0 Å².